The van der Waals surface area contributed by atoms with Gasteiger partial charge in [0.05, 0.1) is 0 Å². The van der Waals surface area contributed by atoms with Gasteiger partial charge >= 0.3 is 0 Å². The molecule has 1 heterocycles. The van der Waals surface area contributed by atoms with Crippen molar-refractivity contribution in [2.45, 2.75) is 52.0 Å². The Hall–Kier alpha value is -1.51. The van der Waals surface area contributed by atoms with E-state index in [9.17, 15) is 4.79 Å². The van der Waals surface area contributed by atoms with Crippen LogP contribution in [0.3, 0.4) is 0 Å². The third-order valence-electron chi connectivity index (χ3n) is 5.00. The van der Waals surface area contributed by atoms with E-state index in [0.717, 1.165) is 31.7 Å². The zero-order chi connectivity index (χ0) is 14.7. The van der Waals surface area contributed by atoms with Crippen LogP contribution in [-0.2, 0) is 17.8 Å². The van der Waals surface area contributed by atoms with Crippen molar-refractivity contribution in [3.63, 3.8) is 0 Å². The highest BCUT2D eigenvalue weighted by atomic mass is 16.1. The molecular weight excluding hydrogens is 260 g/mol. The van der Waals surface area contributed by atoms with E-state index in [4.69, 9.17) is 0 Å². The predicted octanol–water partition coefficient (Wildman–Crippen LogP) is 3.49. The van der Waals surface area contributed by atoms with E-state index in [1.54, 1.807) is 0 Å². The molecule has 3 nitrogen and oxygen atoms in total. The molecule has 3 rings (SSSR count). The number of para-hydroxylation sites is 1. The summed E-state index contributed by atoms with van der Waals surface area (Å²) in [5.74, 6) is 1.27. The molecule has 2 N–H and O–H groups in total. The highest BCUT2D eigenvalue weighted by Crippen LogP contribution is 2.29. The Morgan fingerprint density at radius 3 is 2.90 bits per heavy atom. The lowest BCUT2D eigenvalue weighted by atomic mass is 9.82. The zero-order valence-electron chi connectivity index (χ0n) is 13.0. The van der Waals surface area contributed by atoms with Crippen molar-refractivity contribution in [2.24, 2.45) is 11.8 Å². The minimum absolute atomic E-state index is 0.230. The Morgan fingerprint density at radius 2 is 2.10 bits per heavy atom. The standard InChI is InChI=1S/C18H26N2O/c1-13-7-9-15(10-8-13)18(21)20-12-16-5-2-4-14-6-3-11-19-17(14)16/h2,4-5,13,15,19H,3,6-12H2,1H3,(H,20,21). The molecular formula is C18H26N2O. The number of anilines is 1. The second-order valence-corrected chi connectivity index (χ2v) is 6.66. The minimum Gasteiger partial charge on any atom is -0.385 e. The van der Waals surface area contributed by atoms with Gasteiger partial charge in [0.25, 0.3) is 0 Å². The van der Waals surface area contributed by atoms with E-state index in [0.29, 0.717) is 6.54 Å². The van der Waals surface area contributed by atoms with Crippen LogP contribution in [0.25, 0.3) is 0 Å². The molecule has 1 amide bonds. The minimum atomic E-state index is 0.230. The quantitative estimate of drug-likeness (QED) is 0.893. The van der Waals surface area contributed by atoms with Crippen molar-refractivity contribution in [2.75, 3.05) is 11.9 Å². The average Bonchev–Trinajstić information content (AvgIpc) is 2.53. The van der Waals surface area contributed by atoms with Gasteiger partial charge in [-0.25, -0.2) is 0 Å². The molecule has 0 radical (unpaired) electrons. The summed E-state index contributed by atoms with van der Waals surface area (Å²) in [6, 6.07) is 6.42. The van der Waals surface area contributed by atoms with Gasteiger partial charge in [-0.1, -0.05) is 25.1 Å². The number of rotatable bonds is 3. The van der Waals surface area contributed by atoms with Crippen LogP contribution in [0.5, 0.6) is 0 Å². The zero-order valence-corrected chi connectivity index (χ0v) is 13.0. The maximum absolute atomic E-state index is 12.3. The van der Waals surface area contributed by atoms with Crippen LogP contribution in [0.2, 0.25) is 0 Å². The van der Waals surface area contributed by atoms with E-state index in [2.05, 4.69) is 35.8 Å². The van der Waals surface area contributed by atoms with Crippen LogP contribution < -0.4 is 10.6 Å². The van der Waals surface area contributed by atoms with Crippen LogP contribution in [0.4, 0.5) is 5.69 Å². The molecule has 1 fully saturated rings. The molecule has 114 valence electrons. The summed E-state index contributed by atoms with van der Waals surface area (Å²) in [7, 11) is 0. The molecule has 2 aliphatic rings. The lowest BCUT2D eigenvalue weighted by Gasteiger charge is -2.26. The van der Waals surface area contributed by atoms with Gasteiger partial charge in [-0.3, -0.25) is 4.79 Å². The molecule has 1 aromatic carbocycles. The van der Waals surface area contributed by atoms with Crippen LogP contribution in [0.1, 0.15) is 50.2 Å². The number of hydrogen-bond donors (Lipinski definition) is 2. The van der Waals surface area contributed by atoms with Gasteiger partial charge in [0.1, 0.15) is 0 Å². The summed E-state index contributed by atoms with van der Waals surface area (Å²) in [6.45, 7) is 3.98. The first-order valence-electron chi connectivity index (χ1n) is 8.36. The predicted molar refractivity (Wildman–Crippen MR) is 86.2 cm³/mol. The smallest absolute Gasteiger partial charge is 0.223 e. The van der Waals surface area contributed by atoms with E-state index >= 15 is 0 Å². The number of carbonyl (C=O) groups excluding carboxylic acids is 1. The molecule has 1 aliphatic carbocycles. The Kier molecular flexibility index (Phi) is 4.47. The molecule has 0 saturated heterocycles. The number of carbonyl (C=O) groups is 1. The molecule has 1 saturated carbocycles. The molecule has 1 aromatic rings. The third kappa shape index (κ3) is 3.39. The van der Waals surface area contributed by atoms with E-state index in [1.807, 2.05) is 0 Å². The molecule has 1 aliphatic heterocycles. The van der Waals surface area contributed by atoms with Gasteiger partial charge in [0.15, 0.2) is 0 Å². The summed E-state index contributed by atoms with van der Waals surface area (Å²) in [4.78, 5) is 12.3. The monoisotopic (exact) mass is 286 g/mol. The molecule has 0 spiro atoms. The second kappa shape index (κ2) is 6.50. The van der Waals surface area contributed by atoms with Crippen molar-refractivity contribution in [3.8, 4) is 0 Å². The molecule has 0 atom stereocenters. The Labute approximate surface area is 127 Å². The Balaban J connectivity index is 1.59. The number of hydrogen-bond acceptors (Lipinski definition) is 2. The first-order valence-corrected chi connectivity index (χ1v) is 8.36. The largest absolute Gasteiger partial charge is 0.385 e. The van der Waals surface area contributed by atoms with E-state index < -0.39 is 0 Å². The summed E-state index contributed by atoms with van der Waals surface area (Å²) < 4.78 is 0. The van der Waals surface area contributed by atoms with E-state index in [-0.39, 0.29) is 11.8 Å². The maximum Gasteiger partial charge on any atom is 0.223 e. The lowest BCUT2D eigenvalue weighted by molar-refractivity contribution is -0.126. The number of nitrogens with one attached hydrogen (secondary N) is 2. The fourth-order valence-electron chi connectivity index (χ4n) is 3.58. The Morgan fingerprint density at radius 1 is 1.29 bits per heavy atom. The average molecular weight is 286 g/mol. The first-order chi connectivity index (χ1) is 10.2. The van der Waals surface area contributed by atoms with Gasteiger partial charge in [-0.2, -0.15) is 0 Å². The van der Waals surface area contributed by atoms with Crippen molar-refractivity contribution < 1.29 is 4.79 Å². The summed E-state index contributed by atoms with van der Waals surface area (Å²) >= 11 is 0. The van der Waals surface area contributed by atoms with Gasteiger partial charge in [0.2, 0.25) is 5.91 Å². The molecule has 0 unspecified atom stereocenters. The van der Waals surface area contributed by atoms with E-state index in [1.165, 1.54) is 36.1 Å². The van der Waals surface area contributed by atoms with Crippen LogP contribution in [0, 0.1) is 11.8 Å². The second-order valence-electron chi connectivity index (χ2n) is 6.66. The molecule has 0 bridgehead atoms. The van der Waals surface area contributed by atoms with Crippen molar-refractivity contribution >= 4 is 11.6 Å². The number of fused-ring (bicyclic) bond motifs is 1. The third-order valence-corrected chi connectivity index (χ3v) is 5.00. The van der Waals surface area contributed by atoms with Crippen LogP contribution in [0.15, 0.2) is 18.2 Å². The lowest BCUT2D eigenvalue weighted by Crippen LogP contribution is -2.33. The highest BCUT2D eigenvalue weighted by molar-refractivity contribution is 5.79. The van der Waals surface area contributed by atoms with Crippen molar-refractivity contribution in [3.05, 3.63) is 29.3 Å². The van der Waals surface area contributed by atoms with Crippen molar-refractivity contribution in [1.29, 1.82) is 0 Å². The van der Waals surface area contributed by atoms with Gasteiger partial charge < -0.3 is 10.6 Å². The topological polar surface area (TPSA) is 41.1 Å². The first kappa shape index (κ1) is 14.4. The molecule has 0 aromatic heterocycles. The Bertz CT molecular complexity index is 504. The van der Waals surface area contributed by atoms with Crippen LogP contribution >= 0.6 is 0 Å². The maximum atomic E-state index is 12.3. The van der Waals surface area contributed by atoms with Gasteiger partial charge in [-0.15, -0.1) is 0 Å². The molecule has 3 heteroatoms. The highest BCUT2D eigenvalue weighted by Gasteiger charge is 2.24. The molecule has 21 heavy (non-hydrogen) atoms. The van der Waals surface area contributed by atoms with Crippen molar-refractivity contribution in [1.82, 2.24) is 5.32 Å². The summed E-state index contributed by atoms with van der Waals surface area (Å²) in [5, 5.41) is 6.64. The fraction of sp³-hybridized carbons (Fsp3) is 0.611. The number of aryl methyl sites for hydroxylation is 1. The SMILES string of the molecule is CC1CCC(C(=O)NCc2cccc3c2NCCC3)CC1. The normalized spacial score (nSPS) is 24.8. The van der Waals surface area contributed by atoms with Crippen LogP contribution in [-0.4, -0.2) is 12.5 Å². The van der Waals surface area contributed by atoms with Gasteiger partial charge in [-0.05, 0) is 55.6 Å². The number of amides is 1. The van der Waals surface area contributed by atoms with Gasteiger partial charge in [0, 0.05) is 24.7 Å². The summed E-state index contributed by atoms with van der Waals surface area (Å²) in [6.07, 6.45) is 6.84. The number of benzene rings is 1. The fourth-order valence-corrected chi connectivity index (χ4v) is 3.58. The summed E-state index contributed by atoms with van der Waals surface area (Å²) in [5.41, 5.74) is 3.87.